The summed E-state index contributed by atoms with van der Waals surface area (Å²) in [6.07, 6.45) is 0. The van der Waals surface area contributed by atoms with E-state index in [2.05, 4.69) is 41.5 Å². The van der Waals surface area contributed by atoms with Crippen LogP contribution in [0.1, 0.15) is 42.3 Å². The molecule has 0 fully saturated rings. The summed E-state index contributed by atoms with van der Waals surface area (Å²) in [6.45, 7) is 8.39. The Bertz CT molecular complexity index is 1080. The van der Waals surface area contributed by atoms with E-state index in [-0.39, 0.29) is 24.1 Å². The van der Waals surface area contributed by atoms with Gasteiger partial charge in [-0.25, -0.2) is 4.39 Å². The lowest BCUT2D eigenvalue weighted by molar-refractivity contribution is -0.113. The van der Waals surface area contributed by atoms with Crippen molar-refractivity contribution in [1.29, 1.82) is 0 Å². The second kappa shape index (κ2) is 9.96. The molecule has 0 radical (unpaired) electrons. The minimum Gasteiger partial charge on any atom is -0.485 e. The first-order valence-electron chi connectivity index (χ1n) is 10.0. The van der Waals surface area contributed by atoms with E-state index in [9.17, 15) is 9.18 Å². The van der Waals surface area contributed by atoms with E-state index in [4.69, 9.17) is 4.74 Å². The molecule has 3 rings (SSSR count). The molecular formula is C23H27FN4O2S. The fourth-order valence-corrected chi connectivity index (χ4v) is 3.76. The number of benzene rings is 2. The van der Waals surface area contributed by atoms with Crippen LogP contribution in [0, 0.1) is 19.7 Å². The Labute approximate surface area is 186 Å². The largest absolute Gasteiger partial charge is 0.485 e. The van der Waals surface area contributed by atoms with Crippen molar-refractivity contribution in [3.8, 4) is 5.75 Å². The van der Waals surface area contributed by atoms with Crippen molar-refractivity contribution in [1.82, 2.24) is 14.8 Å². The highest BCUT2D eigenvalue weighted by Gasteiger charge is 2.14. The third kappa shape index (κ3) is 5.85. The predicted octanol–water partition coefficient (Wildman–Crippen LogP) is 5.00. The van der Waals surface area contributed by atoms with Crippen molar-refractivity contribution < 1.29 is 13.9 Å². The zero-order valence-corrected chi connectivity index (χ0v) is 19.2. The molecule has 1 amide bonds. The van der Waals surface area contributed by atoms with Gasteiger partial charge in [-0.1, -0.05) is 43.8 Å². The van der Waals surface area contributed by atoms with Crippen LogP contribution in [0.5, 0.6) is 5.75 Å². The molecule has 0 atom stereocenters. The van der Waals surface area contributed by atoms with Gasteiger partial charge in [-0.3, -0.25) is 4.79 Å². The van der Waals surface area contributed by atoms with Crippen molar-refractivity contribution >= 4 is 23.4 Å². The van der Waals surface area contributed by atoms with Gasteiger partial charge in [0.1, 0.15) is 18.2 Å². The van der Waals surface area contributed by atoms with Gasteiger partial charge >= 0.3 is 0 Å². The van der Waals surface area contributed by atoms with Gasteiger partial charge in [0.2, 0.25) is 5.91 Å². The first kappa shape index (κ1) is 22.8. The van der Waals surface area contributed by atoms with Crippen LogP contribution in [0.3, 0.4) is 0 Å². The first-order valence-corrected chi connectivity index (χ1v) is 11.0. The summed E-state index contributed by atoms with van der Waals surface area (Å²) in [4.78, 5) is 12.3. The van der Waals surface area contributed by atoms with E-state index in [0.29, 0.717) is 22.6 Å². The van der Waals surface area contributed by atoms with E-state index in [1.807, 2.05) is 31.5 Å². The smallest absolute Gasteiger partial charge is 0.234 e. The van der Waals surface area contributed by atoms with Gasteiger partial charge in [0, 0.05) is 12.7 Å². The SMILES string of the molecule is Cc1ccc(C(C)C)c(OCc2nnc(SCC(=O)Nc3cc(F)ccc3C)n2C)c1. The maximum atomic E-state index is 13.4. The summed E-state index contributed by atoms with van der Waals surface area (Å²) >= 11 is 1.27. The highest BCUT2D eigenvalue weighted by atomic mass is 32.2. The molecule has 0 saturated heterocycles. The number of thioether (sulfide) groups is 1. The maximum absolute atomic E-state index is 13.4. The molecule has 8 heteroatoms. The number of aryl methyl sites for hydroxylation is 2. The molecular weight excluding hydrogens is 415 g/mol. The van der Waals surface area contributed by atoms with E-state index in [0.717, 1.165) is 22.4 Å². The van der Waals surface area contributed by atoms with Gasteiger partial charge in [-0.15, -0.1) is 10.2 Å². The molecule has 1 N–H and O–H groups in total. The Morgan fingerprint density at radius 1 is 1.19 bits per heavy atom. The Morgan fingerprint density at radius 2 is 1.97 bits per heavy atom. The lowest BCUT2D eigenvalue weighted by Gasteiger charge is -2.14. The molecule has 164 valence electrons. The number of rotatable bonds is 8. The van der Waals surface area contributed by atoms with Crippen LogP contribution >= 0.6 is 11.8 Å². The van der Waals surface area contributed by atoms with Crippen molar-refractivity contribution in [2.75, 3.05) is 11.1 Å². The number of hydrogen-bond acceptors (Lipinski definition) is 5. The highest BCUT2D eigenvalue weighted by Crippen LogP contribution is 2.28. The fourth-order valence-electron chi connectivity index (χ4n) is 3.03. The Morgan fingerprint density at radius 3 is 2.71 bits per heavy atom. The first-order chi connectivity index (χ1) is 14.7. The lowest BCUT2D eigenvalue weighted by Crippen LogP contribution is -2.15. The van der Waals surface area contributed by atoms with Crippen LogP contribution in [0.15, 0.2) is 41.6 Å². The number of carbonyl (C=O) groups is 1. The number of amides is 1. The molecule has 0 unspecified atom stereocenters. The Kier molecular flexibility index (Phi) is 7.33. The van der Waals surface area contributed by atoms with Gasteiger partial charge in [-0.05, 0) is 54.7 Å². The quantitative estimate of drug-likeness (QED) is 0.497. The molecule has 0 aliphatic carbocycles. The molecule has 0 spiro atoms. The molecule has 2 aromatic carbocycles. The predicted molar refractivity (Wildman–Crippen MR) is 121 cm³/mol. The number of aromatic nitrogens is 3. The molecule has 1 aromatic heterocycles. The number of ether oxygens (including phenoxy) is 1. The molecule has 3 aromatic rings. The summed E-state index contributed by atoms with van der Waals surface area (Å²) < 4.78 is 21.3. The van der Waals surface area contributed by atoms with E-state index >= 15 is 0 Å². The third-order valence-electron chi connectivity index (χ3n) is 4.88. The van der Waals surface area contributed by atoms with Crippen LogP contribution in [0.4, 0.5) is 10.1 Å². The Hall–Kier alpha value is -2.87. The fraction of sp³-hybridized carbons (Fsp3) is 0.348. The summed E-state index contributed by atoms with van der Waals surface area (Å²) in [5, 5.41) is 11.7. The van der Waals surface area contributed by atoms with Crippen molar-refractivity contribution in [2.24, 2.45) is 7.05 Å². The minimum absolute atomic E-state index is 0.137. The molecule has 0 saturated carbocycles. The van der Waals surface area contributed by atoms with Crippen LogP contribution in [-0.2, 0) is 18.4 Å². The number of halogens is 1. The molecule has 0 bridgehead atoms. The third-order valence-corrected chi connectivity index (χ3v) is 5.90. The molecule has 6 nitrogen and oxygen atoms in total. The van der Waals surface area contributed by atoms with Gasteiger partial charge < -0.3 is 14.6 Å². The zero-order valence-electron chi connectivity index (χ0n) is 18.4. The topological polar surface area (TPSA) is 69.0 Å². The molecule has 0 aliphatic rings. The van der Waals surface area contributed by atoms with Crippen molar-refractivity contribution in [3.05, 3.63) is 64.7 Å². The second-order valence-corrected chi connectivity index (χ2v) is 8.68. The lowest BCUT2D eigenvalue weighted by atomic mass is 10.0. The van der Waals surface area contributed by atoms with Gasteiger partial charge in [0.15, 0.2) is 11.0 Å². The molecule has 1 heterocycles. The summed E-state index contributed by atoms with van der Waals surface area (Å²) in [5.41, 5.74) is 3.55. The van der Waals surface area contributed by atoms with Crippen LogP contribution in [0.2, 0.25) is 0 Å². The van der Waals surface area contributed by atoms with Gasteiger partial charge in [-0.2, -0.15) is 0 Å². The normalized spacial score (nSPS) is 11.1. The zero-order chi connectivity index (χ0) is 22.5. The summed E-state index contributed by atoms with van der Waals surface area (Å²) in [6, 6.07) is 10.5. The minimum atomic E-state index is -0.388. The van der Waals surface area contributed by atoms with E-state index in [1.165, 1.54) is 23.9 Å². The van der Waals surface area contributed by atoms with Crippen molar-refractivity contribution in [3.63, 3.8) is 0 Å². The van der Waals surface area contributed by atoms with Crippen LogP contribution in [0.25, 0.3) is 0 Å². The van der Waals surface area contributed by atoms with Crippen LogP contribution < -0.4 is 10.1 Å². The number of nitrogens with one attached hydrogen (secondary N) is 1. The second-order valence-electron chi connectivity index (χ2n) is 7.74. The van der Waals surface area contributed by atoms with Crippen molar-refractivity contribution in [2.45, 2.75) is 45.4 Å². The monoisotopic (exact) mass is 442 g/mol. The Balaban J connectivity index is 1.60. The number of carbonyl (C=O) groups excluding carboxylic acids is 1. The number of anilines is 1. The standard InChI is InChI=1S/C23H27FN4O2S/c1-14(2)18-9-6-15(3)10-20(18)30-12-21-26-27-23(28(21)5)31-13-22(29)25-19-11-17(24)8-7-16(19)4/h6-11,14H,12-13H2,1-5H3,(H,25,29). The van der Waals surface area contributed by atoms with E-state index < -0.39 is 0 Å². The summed E-state index contributed by atoms with van der Waals surface area (Å²) in [7, 11) is 1.84. The average Bonchev–Trinajstić information content (AvgIpc) is 3.07. The number of nitrogens with zero attached hydrogens (tertiary/aromatic N) is 3. The average molecular weight is 443 g/mol. The maximum Gasteiger partial charge on any atom is 0.234 e. The highest BCUT2D eigenvalue weighted by molar-refractivity contribution is 7.99. The van der Waals surface area contributed by atoms with Gasteiger partial charge in [0.05, 0.1) is 5.75 Å². The van der Waals surface area contributed by atoms with Crippen LogP contribution in [-0.4, -0.2) is 26.4 Å². The number of hydrogen-bond donors (Lipinski definition) is 1. The molecule has 0 aliphatic heterocycles. The molecule has 31 heavy (non-hydrogen) atoms. The van der Waals surface area contributed by atoms with E-state index in [1.54, 1.807) is 6.07 Å². The van der Waals surface area contributed by atoms with Gasteiger partial charge in [0.25, 0.3) is 0 Å². The summed E-state index contributed by atoms with van der Waals surface area (Å²) in [5.74, 6) is 1.37.